The van der Waals surface area contributed by atoms with Gasteiger partial charge in [-0.25, -0.2) is 13.8 Å². The molecule has 9 rings (SSSR count). The first kappa shape index (κ1) is 35.2. The van der Waals surface area contributed by atoms with Gasteiger partial charge in [0.1, 0.15) is 5.02 Å². The predicted molar refractivity (Wildman–Crippen MR) is 205 cm³/mol. The second-order valence-corrected chi connectivity index (χ2v) is 15.4. The van der Waals surface area contributed by atoms with Gasteiger partial charge in [-0.2, -0.15) is 10.1 Å². The molecule has 3 aliphatic heterocycles. The minimum atomic E-state index is -3.14. The van der Waals surface area contributed by atoms with Crippen LogP contribution >= 0.6 is 11.6 Å². The third kappa shape index (κ3) is 6.45. The Morgan fingerprint density at radius 3 is 2.51 bits per heavy atom. The number of halogens is 3. The lowest BCUT2D eigenvalue weighted by molar-refractivity contribution is -0.134. The number of carbonyl (C=O) groups excluding carboxylic acids is 2. The first-order valence-corrected chi connectivity index (χ1v) is 18.9. The number of nitrogens with zero attached hydrogens (tertiary/aromatic N) is 6. The summed E-state index contributed by atoms with van der Waals surface area (Å²) in [5.74, 6) is -3.56. The number of anilines is 5. The summed E-state index contributed by atoms with van der Waals surface area (Å²) in [7, 11) is 3.45. The summed E-state index contributed by atoms with van der Waals surface area (Å²) in [6.45, 7) is 0.525. The molecular weight excluding hydrogens is 734 g/mol. The number of aromatic nitrogens is 5. The summed E-state index contributed by atoms with van der Waals surface area (Å²) in [5.41, 5.74) is 3.47. The molecule has 2 atom stereocenters. The Morgan fingerprint density at radius 1 is 0.964 bits per heavy atom. The number of amides is 2. The van der Waals surface area contributed by atoms with Crippen molar-refractivity contribution in [2.45, 2.75) is 62.4 Å². The lowest BCUT2D eigenvalue weighted by Gasteiger charge is -2.33. The Morgan fingerprint density at radius 2 is 1.75 bits per heavy atom. The molecule has 2 amide bonds. The summed E-state index contributed by atoms with van der Waals surface area (Å²) < 4.78 is 38.9. The molecule has 1 saturated carbocycles. The number of rotatable bonds is 7. The predicted octanol–water partition coefficient (Wildman–Crippen LogP) is 5.43. The van der Waals surface area contributed by atoms with Crippen LogP contribution in [-0.4, -0.2) is 73.8 Å². The molecule has 0 radical (unpaired) electrons. The van der Waals surface area contributed by atoms with Crippen molar-refractivity contribution in [1.82, 2.24) is 29.6 Å². The highest BCUT2D eigenvalue weighted by Crippen LogP contribution is 2.46. The number of hydrogen-bond donors (Lipinski definition) is 4. The van der Waals surface area contributed by atoms with E-state index in [0.29, 0.717) is 77.8 Å². The van der Waals surface area contributed by atoms with Gasteiger partial charge in [-0.3, -0.25) is 24.4 Å². The van der Waals surface area contributed by atoms with E-state index in [1.54, 1.807) is 36.1 Å². The first-order chi connectivity index (χ1) is 26.4. The largest absolute Gasteiger partial charge is 0.480 e. The monoisotopic (exact) mass is 772 g/mol. The van der Waals surface area contributed by atoms with E-state index in [-0.39, 0.29) is 35.2 Å². The number of ether oxygens (including phenoxy) is 1. The topological polar surface area (TPSA) is 160 Å². The van der Waals surface area contributed by atoms with Gasteiger partial charge in [0.15, 0.2) is 12.4 Å². The van der Waals surface area contributed by atoms with Crippen LogP contribution in [-0.2, 0) is 23.7 Å². The van der Waals surface area contributed by atoms with Crippen LogP contribution in [0.15, 0.2) is 47.4 Å². The minimum Gasteiger partial charge on any atom is -0.480 e. The molecular formula is C38H39ClF2N10O4. The van der Waals surface area contributed by atoms with Crippen LogP contribution in [0.3, 0.4) is 0 Å². The van der Waals surface area contributed by atoms with Gasteiger partial charge in [0.25, 0.3) is 5.56 Å². The standard InChI is InChI=1S/C38H39ClF2N10O4/c1-49-27-9-6-21(15-25(27)31-32(36(49)54)55-18-38(40,41)33(46-31)19-3-4-19)44-34-26(39)17-42-37(47-34)51-13-11-20(12-14-51)43-22-5-7-23-28(16-22)50(2)48-30(23)24-8-10-29(52)45-35(24)53/h5-7,9,15-17,19-20,24,33,43,46H,3-4,8,10-14,18H2,1-2H3,(H,42,44,47)(H,45,52,53)/t24?,33-/m0/s1. The second kappa shape index (κ2) is 13.4. The third-order valence-corrected chi connectivity index (χ3v) is 11.5. The van der Waals surface area contributed by atoms with Crippen molar-refractivity contribution in [3.8, 4) is 5.75 Å². The van der Waals surface area contributed by atoms with Crippen molar-refractivity contribution in [2.75, 3.05) is 40.5 Å². The quantitative estimate of drug-likeness (QED) is 0.156. The minimum absolute atomic E-state index is 0.119. The maximum Gasteiger partial charge on any atom is 0.301 e. The van der Waals surface area contributed by atoms with Crippen LogP contribution in [0.1, 0.15) is 50.1 Å². The Kier molecular flexibility index (Phi) is 8.55. The number of carbonyl (C=O) groups is 2. The molecule has 3 fully saturated rings. The summed E-state index contributed by atoms with van der Waals surface area (Å²) in [5, 5.41) is 18.8. The molecule has 2 aromatic carbocycles. The van der Waals surface area contributed by atoms with Gasteiger partial charge in [0, 0.05) is 61.8 Å². The zero-order valence-corrected chi connectivity index (χ0v) is 30.9. The molecule has 286 valence electrons. The molecule has 1 aliphatic carbocycles. The molecule has 0 spiro atoms. The zero-order valence-electron chi connectivity index (χ0n) is 30.2. The average molecular weight is 773 g/mol. The number of benzene rings is 2. The van der Waals surface area contributed by atoms with Gasteiger partial charge in [0.2, 0.25) is 23.5 Å². The summed E-state index contributed by atoms with van der Waals surface area (Å²) in [6, 6.07) is 10.4. The van der Waals surface area contributed by atoms with Crippen molar-refractivity contribution in [1.29, 1.82) is 0 Å². The van der Waals surface area contributed by atoms with Gasteiger partial charge in [-0.1, -0.05) is 11.6 Å². The van der Waals surface area contributed by atoms with Crippen molar-refractivity contribution in [3.05, 3.63) is 63.7 Å². The van der Waals surface area contributed by atoms with E-state index in [9.17, 15) is 14.4 Å². The summed E-state index contributed by atoms with van der Waals surface area (Å²) in [4.78, 5) is 48.8. The number of piperidine rings is 2. The van der Waals surface area contributed by atoms with E-state index in [1.165, 1.54) is 4.57 Å². The van der Waals surface area contributed by atoms with Crippen LogP contribution in [0.25, 0.3) is 21.8 Å². The van der Waals surface area contributed by atoms with E-state index < -0.39 is 30.0 Å². The average Bonchev–Trinajstić information content (AvgIpc) is 3.97. The van der Waals surface area contributed by atoms with E-state index in [0.717, 1.165) is 29.4 Å². The summed E-state index contributed by atoms with van der Waals surface area (Å²) >= 11 is 6.59. The van der Waals surface area contributed by atoms with Crippen LogP contribution in [0.4, 0.5) is 37.6 Å². The maximum atomic E-state index is 15.1. The Balaban J connectivity index is 0.897. The smallest absolute Gasteiger partial charge is 0.301 e. The molecule has 5 aromatic rings. The Bertz CT molecular complexity index is 2440. The zero-order chi connectivity index (χ0) is 38.2. The normalized spacial score (nSPS) is 21.4. The Labute approximate surface area is 318 Å². The van der Waals surface area contributed by atoms with Gasteiger partial charge in [-0.05, 0) is 74.4 Å². The molecule has 4 aliphatic rings. The highest BCUT2D eigenvalue weighted by Gasteiger charge is 2.51. The first-order valence-electron chi connectivity index (χ1n) is 18.5. The fraction of sp³-hybridized carbons (Fsp3) is 0.421. The molecule has 0 bridgehead atoms. The van der Waals surface area contributed by atoms with Crippen molar-refractivity contribution in [3.63, 3.8) is 0 Å². The SMILES string of the molecule is Cn1nc(C2CCC(=O)NC2=O)c2ccc(NC3CCN(c4ncc(Cl)c(Nc5ccc6c(c5)c5c(c(=O)n6C)OCC(F)(F)[C@H](C6CC6)N5)n4)CC3)cc21. The highest BCUT2D eigenvalue weighted by molar-refractivity contribution is 6.33. The van der Waals surface area contributed by atoms with Crippen LogP contribution in [0, 0.1) is 5.92 Å². The molecule has 6 heterocycles. The van der Waals surface area contributed by atoms with Gasteiger partial charge < -0.3 is 30.2 Å². The van der Waals surface area contributed by atoms with Gasteiger partial charge in [-0.15, -0.1) is 0 Å². The van der Waals surface area contributed by atoms with Crippen LogP contribution < -0.4 is 36.5 Å². The number of nitrogens with one attached hydrogen (secondary N) is 4. The third-order valence-electron chi connectivity index (χ3n) is 11.2. The lowest BCUT2D eigenvalue weighted by Crippen LogP contribution is -2.44. The number of alkyl halides is 2. The molecule has 1 unspecified atom stereocenters. The molecule has 2 saturated heterocycles. The van der Waals surface area contributed by atoms with Crippen LogP contribution in [0.5, 0.6) is 5.75 Å². The number of hydrogen-bond acceptors (Lipinski definition) is 11. The molecule has 17 heteroatoms. The maximum absolute atomic E-state index is 15.1. The molecule has 55 heavy (non-hydrogen) atoms. The van der Waals surface area contributed by atoms with Crippen LogP contribution in [0.2, 0.25) is 5.02 Å². The molecule has 4 N–H and O–H groups in total. The van der Waals surface area contributed by atoms with Gasteiger partial charge >= 0.3 is 5.92 Å². The number of imide groups is 1. The van der Waals surface area contributed by atoms with Crippen molar-refractivity contribution in [2.24, 2.45) is 20.0 Å². The Hall–Kier alpha value is -5.51. The lowest BCUT2D eigenvalue weighted by atomic mass is 9.93. The fourth-order valence-corrected chi connectivity index (χ4v) is 8.21. The molecule has 14 nitrogen and oxygen atoms in total. The van der Waals surface area contributed by atoms with Crippen molar-refractivity contribution >= 4 is 74.0 Å². The fourth-order valence-electron chi connectivity index (χ4n) is 8.07. The number of fused-ring (bicyclic) bond motifs is 4. The van der Waals surface area contributed by atoms with E-state index in [4.69, 9.17) is 21.3 Å². The number of pyridine rings is 1. The van der Waals surface area contributed by atoms with Gasteiger partial charge in [0.05, 0.1) is 40.6 Å². The summed E-state index contributed by atoms with van der Waals surface area (Å²) in [6.07, 6.45) is 5.33. The second-order valence-electron chi connectivity index (χ2n) is 15.0. The molecule has 3 aromatic heterocycles. The number of aryl methyl sites for hydroxylation is 2. The van der Waals surface area contributed by atoms with E-state index in [1.807, 2.05) is 25.2 Å². The van der Waals surface area contributed by atoms with E-state index in [2.05, 4.69) is 36.2 Å². The van der Waals surface area contributed by atoms with E-state index >= 15 is 8.78 Å². The highest BCUT2D eigenvalue weighted by atomic mass is 35.5. The van der Waals surface area contributed by atoms with Crippen molar-refractivity contribution < 1.29 is 23.1 Å².